The summed E-state index contributed by atoms with van der Waals surface area (Å²) in [4.78, 5) is 25.1. The predicted octanol–water partition coefficient (Wildman–Crippen LogP) is 1.16. The second-order valence-electron chi connectivity index (χ2n) is 5.04. The van der Waals surface area contributed by atoms with Crippen LogP contribution in [0.15, 0.2) is 12.1 Å². The molecule has 0 fully saturated rings. The number of hydrogen-bond acceptors (Lipinski definition) is 5. The maximum absolute atomic E-state index is 12.4. The first-order valence-electron chi connectivity index (χ1n) is 6.98. The number of fused-ring (bicyclic) bond motifs is 1. The Morgan fingerprint density at radius 3 is 2.68 bits per heavy atom. The minimum atomic E-state index is -1.09. The van der Waals surface area contributed by atoms with Crippen molar-refractivity contribution in [3.05, 3.63) is 17.7 Å². The number of carbonyl (C=O) groups excluding carboxylic acids is 1. The number of anilines is 1. The number of carboxylic acid groups (broad SMARTS) is 1. The van der Waals surface area contributed by atoms with Crippen LogP contribution in [0, 0.1) is 0 Å². The number of amides is 1. The van der Waals surface area contributed by atoms with Gasteiger partial charge in [0.1, 0.15) is 6.04 Å². The first-order chi connectivity index (χ1) is 10.4. The lowest BCUT2D eigenvalue weighted by atomic mass is 10.1. The lowest BCUT2D eigenvalue weighted by Crippen LogP contribution is -2.52. The highest BCUT2D eigenvalue weighted by Crippen LogP contribution is 2.44. The molecule has 0 saturated carbocycles. The van der Waals surface area contributed by atoms with E-state index in [1.807, 2.05) is 0 Å². The average molecular weight is 309 g/mol. The molecule has 2 unspecified atom stereocenters. The number of nitrogens with zero attached hydrogens (tertiary/aromatic N) is 1. The normalized spacial score (nSPS) is 18.5. The summed E-state index contributed by atoms with van der Waals surface area (Å²) in [6, 6.07) is 2.14. The van der Waals surface area contributed by atoms with Gasteiger partial charge in [-0.2, -0.15) is 0 Å². The monoisotopic (exact) mass is 309 g/mol. The summed E-state index contributed by atoms with van der Waals surface area (Å²) in [5.41, 5.74) is 0.813. The highest BCUT2D eigenvalue weighted by molar-refractivity contribution is 6.04. The highest BCUT2D eigenvalue weighted by atomic mass is 16.5. The van der Waals surface area contributed by atoms with Crippen molar-refractivity contribution >= 4 is 17.6 Å². The van der Waals surface area contributed by atoms with Crippen molar-refractivity contribution in [2.45, 2.75) is 39.0 Å². The van der Waals surface area contributed by atoms with Gasteiger partial charge < -0.3 is 19.7 Å². The molecule has 1 heterocycles. The Bertz CT molecular complexity index is 600. The Hall–Kier alpha value is -2.28. The Morgan fingerprint density at radius 2 is 2.18 bits per heavy atom. The molecule has 120 valence electrons. The van der Waals surface area contributed by atoms with E-state index in [1.54, 1.807) is 26.0 Å². The molecule has 2 atom stereocenters. The number of hydrogen-bond donors (Lipinski definition) is 2. The summed E-state index contributed by atoms with van der Waals surface area (Å²) < 4.78 is 10.8. The van der Waals surface area contributed by atoms with Gasteiger partial charge >= 0.3 is 5.97 Å². The van der Waals surface area contributed by atoms with Gasteiger partial charge in [0.15, 0.2) is 17.6 Å². The number of rotatable bonds is 5. The van der Waals surface area contributed by atoms with Crippen LogP contribution in [0.5, 0.6) is 11.5 Å². The van der Waals surface area contributed by atoms with Crippen molar-refractivity contribution in [3.8, 4) is 11.5 Å². The molecule has 7 heteroatoms. The lowest BCUT2D eigenvalue weighted by molar-refractivity contribution is -0.141. The molecule has 7 nitrogen and oxygen atoms in total. The van der Waals surface area contributed by atoms with Crippen LogP contribution in [0.2, 0.25) is 0 Å². The molecule has 1 aliphatic heterocycles. The summed E-state index contributed by atoms with van der Waals surface area (Å²) in [5, 5.41) is 18.7. The van der Waals surface area contributed by atoms with Gasteiger partial charge in [-0.3, -0.25) is 9.69 Å². The van der Waals surface area contributed by atoms with Crippen LogP contribution in [0.4, 0.5) is 5.69 Å². The highest BCUT2D eigenvalue weighted by Gasteiger charge is 2.40. The standard InChI is InChI=1S/C15H19NO6/c1-4-10(15(19)20)16-11-5-9(7-17)6-12(21-3)13(11)22-8(2)14(16)18/h5-6,8,10,17H,4,7H2,1-3H3,(H,19,20). The van der Waals surface area contributed by atoms with Crippen molar-refractivity contribution in [2.24, 2.45) is 0 Å². The van der Waals surface area contributed by atoms with E-state index >= 15 is 0 Å². The Balaban J connectivity index is 2.66. The van der Waals surface area contributed by atoms with Gasteiger partial charge in [0.2, 0.25) is 0 Å². The molecule has 0 bridgehead atoms. The molecule has 1 amide bonds. The van der Waals surface area contributed by atoms with Gasteiger partial charge in [-0.15, -0.1) is 0 Å². The van der Waals surface area contributed by atoms with E-state index in [4.69, 9.17) is 9.47 Å². The van der Waals surface area contributed by atoms with E-state index in [9.17, 15) is 19.8 Å². The Morgan fingerprint density at radius 1 is 1.50 bits per heavy atom. The summed E-state index contributed by atoms with van der Waals surface area (Å²) in [6.45, 7) is 3.00. The van der Waals surface area contributed by atoms with Gasteiger partial charge in [0, 0.05) is 0 Å². The quantitative estimate of drug-likeness (QED) is 0.847. The first-order valence-corrected chi connectivity index (χ1v) is 6.98. The molecule has 0 saturated heterocycles. The average Bonchev–Trinajstić information content (AvgIpc) is 2.50. The summed E-state index contributed by atoms with van der Waals surface area (Å²) in [6.07, 6.45) is -0.561. The second kappa shape index (κ2) is 6.23. The summed E-state index contributed by atoms with van der Waals surface area (Å²) in [7, 11) is 1.44. The van der Waals surface area contributed by atoms with Crippen LogP contribution in [-0.4, -0.2) is 41.3 Å². The molecule has 2 N–H and O–H groups in total. The number of benzene rings is 1. The zero-order chi connectivity index (χ0) is 16.4. The molecular weight excluding hydrogens is 290 g/mol. The van der Waals surface area contributed by atoms with Crippen molar-refractivity contribution in [3.63, 3.8) is 0 Å². The van der Waals surface area contributed by atoms with Gasteiger partial charge in [-0.05, 0) is 31.0 Å². The van der Waals surface area contributed by atoms with Crippen LogP contribution in [-0.2, 0) is 16.2 Å². The fraction of sp³-hybridized carbons (Fsp3) is 0.467. The van der Waals surface area contributed by atoms with Gasteiger partial charge in [-0.25, -0.2) is 4.79 Å². The second-order valence-corrected chi connectivity index (χ2v) is 5.04. The largest absolute Gasteiger partial charge is 0.493 e. The molecule has 1 aromatic carbocycles. The topological polar surface area (TPSA) is 96.3 Å². The fourth-order valence-corrected chi connectivity index (χ4v) is 2.51. The summed E-state index contributed by atoms with van der Waals surface area (Å²) >= 11 is 0. The van der Waals surface area contributed by atoms with Gasteiger partial charge in [0.25, 0.3) is 5.91 Å². The zero-order valence-electron chi connectivity index (χ0n) is 12.7. The molecule has 1 aromatic rings. The fourth-order valence-electron chi connectivity index (χ4n) is 2.51. The van der Waals surface area contributed by atoms with Gasteiger partial charge in [0.05, 0.1) is 19.4 Å². The van der Waals surface area contributed by atoms with E-state index in [0.717, 1.165) is 0 Å². The van der Waals surface area contributed by atoms with Crippen LogP contribution in [0.3, 0.4) is 0 Å². The molecule has 1 aliphatic rings. The van der Waals surface area contributed by atoms with Crippen LogP contribution >= 0.6 is 0 Å². The summed E-state index contributed by atoms with van der Waals surface area (Å²) in [5.74, 6) is -0.860. The smallest absolute Gasteiger partial charge is 0.326 e. The van der Waals surface area contributed by atoms with E-state index in [2.05, 4.69) is 0 Å². The van der Waals surface area contributed by atoms with E-state index in [1.165, 1.54) is 12.0 Å². The van der Waals surface area contributed by atoms with E-state index in [0.29, 0.717) is 22.7 Å². The number of carboxylic acids is 1. The van der Waals surface area contributed by atoms with Crippen molar-refractivity contribution < 1.29 is 29.3 Å². The molecule has 2 rings (SSSR count). The van der Waals surface area contributed by atoms with E-state index in [-0.39, 0.29) is 13.0 Å². The van der Waals surface area contributed by atoms with E-state index < -0.39 is 24.0 Å². The molecule has 0 radical (unpaired) electrons. The molecular formula is C15H19NO6. The van der Waals surface area contributed by atoms with Crippen molar-refractivity contribution in [1.29, 1.82) is 0 Å². The number of methoxy groups -OCH3 is 1. The molecule has 22 heavy (non-hydrogen) atoms. The third kappa shape index (κ3) is 2.59. The Kier molecular flexibility index (Phi) is 4.56. The third-order valence-corrected chi connectivity index (χ3v) is 3.62. The number of aliphatic hydroxyl groups excluding tert-OH is 1. The lowest BCUT2D eigenvalue weighted by Gasteiger charge is -2.37. The van der Waals surface area contributed by atoms with Crippen LogP contribution in [0.25, 0.3) is 0 Å². The molecule has 0 spiro atoms. The number of aliphatic hydroxyl groups is 1. The molecule has 0 aliphatic carbocycles. The minimum absolute atomic E-state index is 0.249. The Labute approximate surface area is 128 Å². The zero-order valence-corrected chi connectivity index (χ0v) is 12.7. The maximum Gasteiger partial charge on any atom is 0.326 e. The minimum Gasteiger partial charge on any atom is -0.493 e. The first kappa shape index (κ1) is 16.1. The third-order valence-electron chi connectivity index (χ3n) is 3.62. The number of carbonyl (C=O) groups is 2. The van der Waals surface area contributed by atoms with Gasteiger partial charge in [-0.1, -0.05) is 6.92 Å². The predicted molar refractivity (Wildman–Crippen MR) is 78.2 cm³/mol. The van der Waals surface area contributed by atoms with Crippen LogP contribution < -0.4 is 14.4 Å². The maximum atomic E-state index is 12.4. The SMILES string of the molecule is CCC(C(=O)O)N1C(=O)C(C)Oc2c(OC)cc(CO)cc21. The van der Waals surface area contributed by atoms with Crippen LogP contribution in [0.1, 0.15) is 25.8 Å². The van der Waals surface area contributed by atoms with Crippen molar-refractivity contribution in [2.75, 3.05) is 12.0 Å². The molecule has 0 aromatic heterocycles. The van der Waals surface area contributed by atoms with Crippen molar-refractivity contribution in [1.82, 2.24) is 0 Å². The number of aliphatic carboxylic acids is 1. The number of ether oxygens (including phenoxy) is 2.